The summed E-state index contributed by atoms with van der Waals surface area (Å²) in [6, 6.07) is 5.22. The highest BCUT2D eigenvalue weighted by Gasteiger charge is 2.24. The fourth-order valence-electron chi connectivity index (χ4n) is 3.49. The van der Waals surface area contributed by atoms with Gasteiger partial charge in [-0.05, 0) is 61.4 Å². The maximum atomic E-state index is 12.9. The van der Waals surface area contributed by atoms with Gasteiger partial charge >= 0.3 is 0 Å². The molecule has 0 bridgehead atoms. The van der Waals surface area contributed by atoms with Crippen molar-refractivity contribution in [3.63, 3.8) is 0 Å². The topological polar surface area (TPSA) is 76.9 Å². The molecule has 1 aromatic carbocycles. The number of rotatable bonds is 3. The number of aromatic nitrogens is 3. The van der Waals surface area contributed by atoms with E-state index in [0.717, 1.165) is 35.1 Å². The summed E-state index contributed by atoms with van der Waals surface area (Å²) in [5.41, 5.74) is 2.37. The second-order valence-corrected chi connectivity index (χ2v) is 8.61. The van der Waals surface area contributed by atoms with Crippen LogP contribution in [0.2, 0.25) is 5.02 Å². The van der Waals surface area contributed by atoms with Gasteiger partial charge in [0.05, 0.1) is 5.39 Å². The molecule has 4 rings (SSSR count). The van der Waals surface area contributed by atoms with Crippen LogP contribution in [0.3, 0.4) is 0 Å². The molecule has 3 aromatic rings. The van der Waals surface area contributed by atoms with Gasteiger partial charge < -0.3 is 5.32 Å². The summed E-state index contributed by atoms with van der Waals surface area (Å²) in [7, 11) is 0. The minimum atomic E-state index is -0.325. The van der Waals surface area contributed by atoms with E-state index in [-0.39, 0.29) is 18.0 Å². The Morgan fingerprint density at radius 1 is 1.44 bits per heavy atom. The molecule has 2 heterocycles. The summed E-state index contributed by atoms with van der Waals surface area (Å²) in [4.78, 5) is 27.2. The van der Waals surface area contributed by atoms with Crippen molar-refractivity contribution < 1.29 is 4.79 Å². The Hall–Kier alpha value is -2.25. The summed E-state index contributed by atoms with van der Waals surface area (Å²) in [5, 5.41) is 12.2. The lowest BCUT2D eigenvalue weighted by Crippen LogP contribution is -2.30. The zero-order valence-electron chi connectivity index (χ0n) is 15.1. The average molecular weight is 403 g/mol. The average Bonchev–Trinajstić information content (AvgIpc) is 2.98. The van der Waals surface area contributed by atoms with Crippen molar-refractivity contribution in [1.29, 1.82) is 0 Å². The van der Waals surface area contributed by atoms with Crippen LogP contribution < -0.4 is 10.9 Å². The van der Waals surface area contributed by atoms with Crippen LogP contribution in [0.15, 0.2) is 23.0 Å². The Morgan fingerprint density at radius 2 is 2.26 bits per heavy atom. The lowest BCUT2D eigenvalue weighted by atomic mass is 9.89. The standard InChI is InChI=1S/C19H19ClN4O2S/c1-10-3-5-13-15(7-10)27-18-17(13)19(26)24(23-22-18)9-16(25)21-14-6-4-12(20)8-11(14)2/h4,6,8,10H,3,5,7,9H2,1-2H3,(H,21,25)/t10-/m1/s1. The number of benzene rings is 1. The van der Waals surface area contributed by atoms with E-state index in [0.29, 0.717) is 26.8 Å². The maximum Gasteiger partial charge on any atom is 0.279 e. The number of hydrogen-bond acceptors (Lipinski definition) is 5. The first-order valence-electron chi connectivity index (χ1n) is 8.86. The number of anilines is 1. The minimum absolute atomic E-state index is 0.176. The summed E-state index contributed by atoms with van der Waals surface area (Å²) in [5.74, 6) is 0.294. The fourth-order valence-corrected chi connectivity index (χ4v) is 5.03. The molecule has 0 unspecified atom stereocenters. The Labute approximate surface area is 165 Å². The van der Waals surface area contributed by atoms with Crippen LogP contribution in [0.4, 0.5) is 5.69 Å². The normalized spacial score (nSPS) is 16.3. The number of nitrogens with zero attached hydrogens (tertiary/aromatic N) is 3. The van der Waals surface area contributed by atoms with Crippen molar-refractivity contribution in [1.82, 2.24) is 15.0 Å². The molecule has 1 atom stereocenters. The zero-order valence-corrected chi connectivity index (χ0v) is 16.7. The Kier molecular flexibility index (Phi) is 4.74. The molecule has 0 fully saturated rings. The van der Waals surface area contributed by atoms with Gasteiger partial charge in [-0.15, -0.1) is 16.4 Å². The molecular weight excluding hydrogens is 384 g/mol. The lowest BCUT2D eigenvalue weighted by molar-refractivity contribution is -0.117. The lowest BCUT2D eigenvalue weighted by Gasteiger charge is -2.17. The Bertz CT molecular complexity index is 1110. The highest BCUT2D eigenvalue weighted by atomic mass is 35.5. The smallest absolute Gasteiger partial charge is 0.279 e. The van der Waals surface area contributed by atoms with E-state index in [9.17, 15) is 9.59 Å². The molecule has 0 saturated carbocycles. The van der Waals surface area contributed by atoms with E-state index in [1.807, 2.05) is 6.92 Å². The third-order valence-electron chi connectivity index (χ3n) is 4.94. The molecule has 0 spiro atoms. The fraction of sp³-hybridized carbons (Fsp3) is 0.368. The van der Waals surface area contributed by atoms with Crippen molar-refractivity contribution in [3.05, 3.63) is 49.6 Å². The maximum absolute atomic E-state index is 12.9. The van der Waals surface area contributed by atoms with Gasteiger partial charge in [0.2, 0.25) is 5.91 Å². The first-order valence-corrected chi connectivity index (χ1v) is 10.1. The molecule has 1 aliphatic carbocycles. The van der Waals surface area contributed by atoms with E-state index in [2.05, 4.69) is 22.6 Å². The van der Waals surface area contributed by atoms with Gasteiger partial charge in [0.1, 0.15) is 6.54 Å². The first-order chi connectivity index (χ1) is 12.9. The highest BCUT2D eigenvalue weighted by molar-refractivity contribution is 7.18. The first kappa shape index (κ1) is 18.1. The number of amides is 1. The molecule has 0 radical (unpaired) electrons. The van der Waals surface area contributed by atoms with Crippen LogP contribution in [-0.4, -0.2) is 20.9 Å². The Morgan fingerprint density at radius 3 is 3.04 bits per heavy atom. The van der Waals surface area contributed by atoms with Crippen LogP contribution >= 0.6 is 22.9 Å². The Balaban J connectivity index is 1.61. The second kappa shape index (κ2) is 7.05. The molecule has 140 valence electrons. The number of thiophene rings is 1. The van der Waals surface area contributed by atoms with Crippen LogP contribution in [0, 0.1) is 12.8 Å². The van der Waals surface area contributed by atoms with Crippen molar-refractivity contribution in [3.8, 4) is 0 Å². The monoisotopic (exact) mass is 402 g/mol. The van der Waals surface area contributed by atoms with E-state index >= 15 is 0 Å². The van der Waals surface area contributed by atoms with Gasteiger partial charge in [-0.1, -0.05) is 23.7 Å². The summed E-state index contributed by atoms with van der Waals surface area (Å²) in [6.45, 7) is 3.91. The molecule has 6 nitrogen and oxygen atoms in total. The summed E-state index contributed by atoms with van der Waals surface area (Å²) >= 11 is 7.49. The van der Waals surface area contributed by atoms with Crippen LogP contribution in [-0.2, 0) is 24.2 Å². The molecule has 1 N–H and O–H groups in total. The van der Waals surface area contributed by atoms with Gasteiger partial charge in [-0.2, -0.15) is 0 Å². The van der Waals surface area contributed by atoms with Gasteiger partial charge in [0.25, 0.3) is 5.56 Å². The molecule has 1 aliphatic rings. The van der Waals surface area contributed by atoms with Crippen LogP contribution in [0.1, 0.15) is 29.3 Å². The van der Waals surface area contributed by atoms with Crippen molar-refractivity contribution in [2.24, 2.45) is 5.92 Å². The molecule has 1 amide bonds. The zero-order chi connectivity index (χ0) is 19.1. The van der Waals surface area contributed by atoms with Gasteiger partial charge in [-0.25, -0.2) is 4.68 Å². The molecule has 2 aromatic heterocycles. The number of carbonyl (C=O) groups excluding carboxylic acids is 1. The van der Waals surface area contributed by atoms with Gasteiger partial charge in [0.15, 0.2) is 4.83 Å². The predicted molar refractivity (Wildman–Crippen MR) is 108 cm³/mol. The SMILES string of the molecule is Cc1cc(Cl)ccc1NC(=O)Cn1nnc2sc3c(c2c1=O)CC[C@@H](C)C3. The molecule has 27 heavy (non-hydrogen) atoms. The highest BCUT2D eigenvalue weighted by Crippen LogP contribution is 2.35. The van der Waals surface area contributed by atoms with Crippen molar-refractivity contribution >= 4 is 44.7 Å². The largest absolute Gasteiger partial charge is 0.324 e. The third-order valence-corrected chi connectivity index (χ3v) is 6.31. The molecule has 0 saturated heterocycles. The van der Waals surface area contributed by atoms with Crippen molar-refractivity contribution in [2.45, 2.75) is 39.7 Å². The van der Waals surface area contributed by atoms with Crippen LogP contribution in [0.25, 0.3) is 10.2 Å². The molecular formula is C19H19ClN4O2S. The number of halogens is 1. The number of carbonyl (C=O) groups is 1. The summed E-state index contributed by atoms with van der Waals surface area (Å²) in [6.07, 6.45) is 2.93. The second-order valence-electron chi connectivity index (χ2n) is 7.09. The number of fused-ring (bicyclic) bond motifs is 3. The quantitative estimate of drug-likeness (QED) is 0.726. The van der Waals surface area contributed by atoms with Crippen molar-refractivity contribution in [2.75, 3.05) is 5.32 Å². The van der Waals surface area contributed by atoms with Gasteiger partial charge in [0, 0.05) is 15.6 Å². The van der Waals surface area contributed by atoms with Crippen LogP contribution in [0.5, 0.6) is 0 Å². The van der Waals surface area contributed by atoms with E-state index in [1.165, 1.54) is 4.88 Å². The third kappa shape index (κ3) is 3.49. The number of hydrogen-bond donors (Lipinski definition) is 1. The molecule has 8 heteroatoms. The van der Waals surface area contributed by atoms with E-state index < -0.39 is 0 Å². The summed E-state index contributed by atoms with van der Waals surface area (Å²) < 4.78 is 1.15. The number of nitrogens with one attached hydrogen (secondary N) is 1. The minimum Gasteiger partial charge on any atom is -0.324 e. The van der Waals surface area contributed by atoms with E-state index in [1.54, 1.807) is 29.5 Å². The number of aryl methyl sites for hydroxylation is 2. The molecule has 0 aliphatic heterocycles. The van der Waals surface area contributed by atoms with E-state index in [4.69, 9.17) is 11.6 Å². The predicted octanol–water partition coefficient (Wildman–Crippen LogP) is 3.58. The van der Waals surface area contributed by atoms with Gasteiger partial charge in [-0.3, -0.25) is 9.59 Å².